The molecule has 2 heterocycles. The van der Waals surface area contributed by atoms with Crippen LogP contribution in [0.25, 0.3) is 22.2 Å². The van der Waals surface area contributed by atoms with Gasteiger partial charge in [-0.1, -0.05) is 30.3 Å². The number of carbonyl (C=O) groups excluding carboxylic acids is 1. The van der Waals surface area contributed by atoms with Crippen molar-refractivity contribution in [1.82, 2.24) is 9.88 Å². The van der Waals surface area contributed by atoms with Gasteiger partial charge in [-0.2, -0.15) is 0 Å². The normalized spacial score (nSPS) is 15.3. The molecule has 2 aromatic carbocycles. The van der Waals surface area contributed by atoms with Gasteiger partial charge in [-0.3, -0.25) is 4.79 Å². The summed E-state index contributed by atoms with van der Waals surface area (Å²) in [5.41, 5.74) is 8.41. The number of pyridine rings is 1. The Kier molecular flexibility index (Phi) is 4.86. The second kappa shape index (κ2) is 7.45. The highest BCUT2D eigenvalue weighted by atomic mass is 19.1. The fourth-order valence-electron chi connectivity index (χ4n) is 3.68. The van der Waals surface area contributed by atoms with E-state index in [1.165, 1.54) is 12.1 Å². The van der Waals surface area contributed by atoms with E-state index in [0.717, 1.165) is 18.4 Å². The number of halogens is 1. The molecular weight excluding hydrogens is 341 g/mol. The maximum absolute atomic E-state index is 13.8. The first-order chi connectivity index (χ1) is 13.2. The Labute approximate surface area is 157 Å². The zero-order valence-electron chi connectivity index (χ0n) is 15.1. The van der Waals surface area contributed by atoms with Gasteiger partial charge in [0.1, 0.15) is 5.82 Å². The van der Waals surface area contributed by atoms with Crippen LogP contribution in [-0.4, -0.2) is 35.4 Å². The molecule has 3 aromatic rings. The number of nitrogens with two attached hydrogens (primary N) is 1. The van der Waals surface area contributed by atoms with Crippen LogP contribution in [0.5, 0.6) is 0 Å². The molecule has 1 aliphatic heterocycles. The molecule has 1 aromatic heterocycles. The molecule has 0 unspecified atom stereocenters. The summed E-state index contributed by atoms with van der Waals surface area (Å²) < 4.78 is 13.8. The topological polar surface area (TPSA) is 59.2 Å². The van der Waals surface area contributed by atoms with Crippen molar-refractivity contribution >= 4 is 16.8 Å². The summed E-state index contributed by atoms with van der Waals surface area (Å²) in [6.45, 7) is 2.07. The molecular formula is C22H22FN3O. The Balaban J connectivity index is 1.77. The molecule has 5 heteroatoms. The monoisotopic (exact) mass is 363 g/mol. The summed E-state index contributed by atoms with van der Waals surface area (Å²) >= 11 is 0. The number of benzene rings is 2. The highest BCUT2D eigenvalue weighted by Crippen LogP contribution is 2.27. The first-order valence-corrected chi connectivity index (χ1v) is 9.31. The van der Waals surface area contributed by atoms with Crippen molar-refractivity contribution in [1.29, 1.82) is 0 Å². The van der Waals surface area contributed by atoms with Crippen LogP contribution < -0.4 is 5.73 Å². The van der Waals surface area contributed by atoms with Gasteiger partial charge in [0.15, 0.2) is 0 Å². The predicted octanol–water partition coefficient (Wildman–Crippen LogP) is 3.85. The first-order valence-electron chi connectivity index (χ1n) is 9.31. The zero-order valence-corrected chi connectivity index (χ0v) is 15.1. The zero-order chi connectivity index (χ0) is 18.8. The number of nitrogens with zero attached hydrogens (tertiary/aromatic N) is 2. The molecule has 1 fully saturated rings. The van der Waals surface area contributed by atoms with Crippen molar-refractivity contribution in [2.24, 2.45) is 11.7 Å². The van der Waals surface area contributed by atoms with Gasteiger partial charge in [-0.25, -0.2) is 9.37 Å². The summed E-state index contributed by atoms with van der Waals surface area (Å²) in [6.07, 6.45) is 1.84. The van der Waals surface area contributed by atoms with Crippen LogP contribution in [0.3, 0.4) is 0 Å². The van der Waals surface area contributed by atoms with Crippen LogP contribution in [0.2, 0.25) is 0 Å². The number of carbonyl (C=O) groups is 1. The van der Waals surface area contributed by atoms with Gasteiger partial charge < -0.3 is 10.6 Å². The third-order valence-corrected chi connectivity index (χ3v) is 5.31. The number of rotatable bonds is 3. The van der Waals surface area contributed by atoms with Crippen molar-refractivity contribution in [3.8, 4) is 11.3 Å². The van der Waals surface area contributed by atoms with Crippen LogP contribution in [0, 0.1) is 11.7 Å². The lowest BCUT2D eigenvalue weighted by molar-refractivity contribution is 0.0695. The lowest BCUT2D eigenvalue weighted by Gasteiger charge is -2.31. The molecule has 1 amide bonds. The molecule has 2 N–H and O–H groups in total. The number of hydrogen-bond donors (Lipinski definition) is 1. The second-order valence-corrected chi connectivity index (χ2v) is 7.05. The summed E-state index contributed by atoms with van der Waals surface area (Å²) in [5.74, 6) is 0.0984. The van der Waals surface area contributed by atoms with Crippen LogP contribution >= 0.6 is 0 Å². The number of likely N-dealkylation sites (tertiary alicyclic amines) is 1. The van der Waals surface area contributed by atoms with Crippen molar-refractivity contribution in [3.05, 3.63) is 66.0 Å². The van der Waals surface area contributed by atoms with Gasteiger partial charge in [0, 0.05) is 30.1 Å². The number of aromatic nitrogens is 1. The van der Waals surface area contributed by atoms with E-state index in [1.54, 1.807) is 6.07 Å². The van der Waals surface area contributed by atoms with Crippen LogP contribution in [0.4, 0.5) is 4.39 Å². The van der Waals surface area contributed by atoms with Gasteiger partial charge in [-0.15, -0.1) is 0 Å². The summed E-state index contributed by atoms with van der Waals surface area (Å²) in [7, 11) is 0. The largest absolute Gasteiger partial charge is 0.339 e. The van der Waals surface area contributed by atoms with Crippen molar-refractivity contribution in [2.75, 3.05) is 19.6 Å². The van der Waals surface area contributed by atoms with Gasteiger partial charge in [0.25, 0.3) is 5.91 Å². The van der Waals surface area contributed by atoms with Crippen LogP contribution in [0.15, 0.2) is 54.6 Å². The third kappa shape index (κ3) is 3.55. The molecule has 0 bridgehead atoms. The SMILES string of the molecule is NCC1CCN(C(=O)c2cc(-c3ccccc3)nc3cc(F)ccc23)CC1. The molecule has 1 saturated heterocycles. The number of hydrogen-bond acceptors (Lipinski definition) is 3. The minimum Gasteiger partial charge on any atom is -0.339 e. The maximum Gasteiger partial charge on any atom is 0.254 e. The summed E-state index contributed by atoms with van der Waals surface area (Å²) in [6, 6.07) is 15.9. The van der Waals surface area contributed by atoms with Crippen molar-refractivity contribution in [2.45, 2.75) is 12.8 Å². The highest BCUT2D eigenvalue weighted by Gasteiger charge is 2.25. The van der Waals surface area contributed by atoms with Crippen LogP contribution in [0.1, 0.15) is 23.2 Å². The van der Waals surface area contributed by atoms with E-state index < -0.39 is 0 Å². The Morgan fingerprint density at radius 3 is 2.56 bits per heavy atom. The second-order valence-electron chi connectivity index (χ2n) is 7.05. The molecule has 0 atom stereocenters. The minimum absolute atomic E-state index is 0.0262. The summed E-state index contributed by atoms with van der Waals surface area (Å²) in [4.78, 5) is 19.7. The smallest absolute Gasteiger partial charge is 0.254 e. The predicted molar refractivity (Wildman–Crippen MR) is 105 cm³/mol. The fourth-order valence-corrected chi connectivity index (χ4v) is 3.68. The lowest BCUT2D eigenvalue weighted by atomic mass is 9.96. The molecule has 138 valence electrons. The minimum atomic E-state index is -0.359. The molecule has 27 heavy (non-hydrogen) atoms. The molecule has 1 aliphatic rings. The van der Waals surface area contributed by atoms with E-state index in [2.05, 4.69) is 4.98 Å². The van der Waals surface area contributed by atoms with Gasteiger partial charge in [0.05, 0.1) is 16.8 Å². The molecule has 4 nitrogen and oxygen atoms in total. The van der Waals surface area contributed by atoms with Gasteiger partial charge in [-0.05, 0) is 43.5 Å². The Morgan fingerprint density at radius 2 is 1.85 bits per heavy atom. The van der Waals surface area contributed by atoms with Crippen molar-refractivity contribution < 1.29 is 9.18 Å². The van der Waals surface area contributed by atoms with E-state index in [1.807, 2.05) is 41.3 Å². The van der Waals surface area contributed by atoms with E-state index in [0.29, 0.717) is 47.7 Å². The number of piperidine rings is 1. The Hall–Kier alpha value is -2.79. The average Bonchev–Trinajstić information content (AvgIpc) is 2.73. The quantitative estimate of drug-likeness (QED) is 0.769. The van der Waals surface area contributed by atoms with Crippen molar-refractivity contribution in [3.63, 3.8) is 0 Å². The lowest BCUT2D eigenvalue weighted by Crippen LogP contribution is -2.40. The highest BCUT2D eigenvalue weighted by molar-refractivity contribution is 6.07. The Morgan fingerprint density at radius 1 is 1.11 bits per heavy atom. The molecule has 0 spiro atoms. The van der Waals surface area contributed by atoms with E-state index in [9.17, 15) is 9.18 Å². The van der Waals surface area contributed by atoms with E-state index in [-0.39, 0.29) is 11.7 Å². The van der Waals surface area contributed by atoms with Crippen LogP contribution in [-0.2, 0) is 0 Å². The first kappa shape index (κ1) is 17.6. The molecule has 4 rings (SSSR count). The molecule has 0 saturated carbocycles. The average molecular weight is 363 g/mol. The number of fused-ring (bicyclic) bond motifs is 1. The van der Waals surface area contributed by atoms with E-state index in [4.69, 9.17) is 5.73 Å². The summed E-state index contributed by atoms with van der Waals surface area (Å²) in [5, 5.41) is 0.682. The fraction of sp³-hybridized carbons (Fsp3) is 0.273. The number of amides is 1. The maximum atomic E-state index is 13.8. The standard InChI is InChI=1S/C22H22FN3O/c23-17-6-7-18-19(22(27)26-10-8-15(14-24)9-11-26)13-20(25-21(18)12-17)16-4-2-1-3-5-16/h1-7,12-13,15H,8-11,14,24H2. The van der Waals surface area contributed by atoms with Gasteiger partial charge in [0.2, 0.25) is 0 Å². The molecule has 0 aliphatic carbocycles. The third-order valence-electron chi connectivity index (χ3n) is 5.31. The Bertz CT molecular complexity index is 966. The van der Waals surface area contributed by atoms with Gasteiger partial charge >= 0.3 is 0 Å². The molecule has 0 radical (unpaired) electrons. The van der Waals surface area contributed by atoms with E-state index >= 15 is 0 Å².